The van der Waals surface area contributed by atoms with E-state index in [1.165, 1.54) is 25.7 Å². The minimum atomic E-state index is 0.537. The number of benzene rings is 1. The van der Waals surface area contributed by atoms with Crippen molar-refractivity contribution in [2.75, 3.05) is 0 Å². The third-order valence-corrected chi connectivity index (χ3v) is 3.50. The van der Waals surface area contributed by atoms with Gasteiger partial charge in [-0.2, -0.15) is 0 Å². The maximum atomic E-state index is 2.34. The van der Waals surface area contributed by atoms with E-state index in [0.717, 1.165) is 5.92 Å². The molecule has 0 nitrogen and oxygen atoms in total. The molecule has 0 heteroatoms. The van der Waals surface area contributed by atoms with Gasteiger partial charge in [-0.1, -0.05) is 50.6 Å². The summed E-state index contributed by atoms with van der Waals surface area (Å²) in [5.41, 5.74) is 2.11. The molecule has 0 spiro atoms. The molecule has 76 valence electrons. The van der Waals surface area contributed by atoms with Crippen LogP contribution in [-0.4, -0.2) is 0 Å². The molecule has 1 fully saturated rings. The van der Waals surface area contributed by atoms with E-state index in [-0.39, 0.29) is 0 Å². The van der Waals surface area contributed by atoms with Crippen LogP contribution in [0.15, 0.2) is 30.3 Å². The SMILES string of the molecule is CC(C)CC1(c2ccccc2)CCC1. The molecule has 1 aliphatic carbocycles. The molecule has 0 unspecified atom stereocenters. The van der Waals surface area contributed by atoms with Crippen LogP contribution in [0.25, 0.3) is 0 Å². The van der Waals surface area contributed by atoms with Crippen LogP contribution in [0.5, 0.6) is 0 Å². The van der Waals surface area contributed by atoms with Gasteiger partial charge in [0.05, 0.1) is 0 Å². The van der Waals surface area contributed by atoms with Crippen LogP contribution in [0, 0.1) is 5.92 Å². The molecule has 0 atom stereocenters. The summed E-state index contributed by atoms with van der Waals surface area (Å²) in [5.74, 6) is 0.815. The second-order valence-corrected chi connectivity index (χ2v) is 5.10. The van der Waals surface area contributed by atoms with E-state index in [1.54, 1.807) is 5.56 Å². The van der Waals surface area contributed by atoms with Gasteiger partial charge in [-0.05, 0) is 36.2 Å². The smallest absolute Gasteiger partial charge is 0.00445 e. The van der Waals surface area contributed by atoms with Gasteiger partial charge >= 0.3 is 0 Å². The molecule has 0 heterocycles. The van der Waals surface area contributed by atoms with Crippen LogP contribution in [0.1, 0.15) is 45.1 Å². The van der Waals surface area contributed by atoms with Crippen molar-refractivity contribution in [3.8, 4) is 0 Å². The Morgan fingerprint density at radius 1 is 1.14 bits per heavy atom. The fraction of sp³-hybridized carbons (Fsp3) is 0.571. The third kappa shape index (κ3) is 1.70. The second-order valence-electron chi connectivity index (χ2n) is 5.10. The van der Waals surface area contributed by atoms with Crippen LogP contribution in [0.3, 0.4) is 0 Å². The summed E-state index contributed by atoms with van der Waals surface area (Å²) in [6.07, 6.45) is 5.57. The van der Waals surface area contributed by atoms with E-state index in [4.69, 9.17) is 0 Å². The first-order valence-corrected chi connectivity index (χ1v) is 5.78. The van der Waals surface area contributed by atoms with Gasteiger partial charge in [0.2, 0.25) is 0 Å². The Hall–Kier alpha value is -0.780. The minimum Gasteiger partial charge on any atom is -0.0627 e. The van der Waals surface area contributed by atoms with Crippen molar-refractivity contribution in [2.45, 2.75) is 44.9 Å². The molecule has 1 aromatic rings. The van der Waals surface area contributed by atoms with Crippen LogP contribution >= 0.6 is 0 Å². The zero-order chi connectivity index (χ0) is 10.0. The molecule has 14 heavy (non-hydrogen) atoms. The van der Waals surface area contributed by atoms with Gasteiger partial charge in [-0.3, -0.25) is 0 Å². The van der Waals surface area contributed by atoms with Crippen molar-refractivity contribution in [2.24, 2.45) is 5.92 Å². The van der Waals surface area contributed by atoms with Crippen LogP contribution < -0.4 is 0 Å². The Morgan fingerprint density at radius 2 is 1.79 bits per heavy atom. The Balaban J connectivity index is 2.20. The van der Waals surface area contributed by atoms with E-state index in [0.29, 0.717) is 5.41 Å². The predicted molar refractivity (Wildman–Crippen MR) is 61.4 cm³/mol. The van der Waals surface area contributed by atoms with E-state index in [9.17, 15) is 0 Å². The average molecular weight is 188 g/mol. The normalized spacial score (nSPS) is 19.4. The lowest BCUT2D eigenvalue weighted by atomic mass is 9.61. The molecule has 2 rings (SSSR count). The van der Waals surface area contributed by atoms with Crippen LogP contribution in [0.2, 0.25) is 0 Å². The monoisotopic (exact) mass is 188 g/mol. The summed E-state index contributed by atoms with van der Waals surface area (Å²) in [4.78, 5) is 0. The molecule has 0 N–H and O–H groups in total. The fourth-order valence-corrected chi connectivity index (χ4v) is 2.79. The standard InChI is InChI=1S/C14H20/c1-12(2)11-14(9-6-10-14)13-7-4-3-5-8-13/h3-5,7-8,12H,6,9-11H2,1-2H3. The number of hydrogen-bond donors (Lipinski definition) is 0. The number of hydrogen-bond acceptors (Lipinski definition) is 0. The summed E-state index contributed by atoms with van der Waals surface area (Å²) in [6.45, 7) is 4.67. The van der Waals surface area contributed by atoms with Crippen molar-refractivity contribution >= 4 is 0 Å². The first kappa shape index (κ1) is 9.76. The van der Waals surface area contributed by atoms with Gasteiger partial charge in [0, 0.05) is 0 Å². The molecule has 0 radical (unpaired) electrons. The summed E-state index contributed by atoms with van der Waals surface area (Å²) in [7, 11) is 0. The lowest BCUT2D eigenvalue weighted by Gasteiger charge is -2.44. The summed E-state index contributed by atoms with van der Waals surface area (Å²) < 4.78 is 0. The molecule has 1 aliphatic rings. The molecular formula is C14H20. The van der Waals surface area contributed by atoms with Gasteiger partial charge in [0.15, 0.2) is 0 Å². The van der Waals surface area contributed by atoms with E-state index in [2.05, 4.69) is 44.2 Å². The molecule has 0 saturated heterocycles. The van der Waals surface area contributed by atoms with Crippen LogP contribution in [-0.2, 0) is 5.41 Å². The largest absolute Gasteiger partial charge is 0.0627 e. The molecule has 0 amide bonds. The fourth-order valence-electron chi connectivity index (χ4n) is 2.79. The van der Waals surface area contributed by atoms with Crippen LogP contribution in [0.4, 0.5) is 0 Å². The predicted octanol–water partition coefficient (Wildman–Crippen LogP) is 4.15. The third-order valence-electron chi connectivity index (χ3n) is 3.50. The molecule has 0 bridgehead atoms. The molecular weight excluding hydrogens is 168 g/mol. The number of rotatable bonds is 3. The highest BCUT2D eigenvalue weighted by molar-refractivity contribution is 5.27. The minimum absolute atomic E-state index is 0.537. The Kier molecular flexibility index (Phi) is 2.62. The maximum Gasteiger partial charge on any atom is -0.00445 e. The Labute approximate surface area is 87.3 Å². The van der Waals surface area contributed by atoms with Crippen molar-refractivity contribution < 1.29 is 0 Å². The molecule has 1 saturated carbocycles. The summed E-state index contributed by atoms with van der Waals surface area (Å²) in [6, 6.07) is 11.1. The van der Waals surface area contributed by atoms with E-state index in [1.807, 2.05) is 0 Å². The average Bonchev–Trinajstić information content (AvgIpc) is 2.12. The Bertz CT molecular complexity index is 280. The van der Waals surface area contributed by atoms with Gasteiger partial charge in [0.1, 0.15) is 0 Å². The zero-order valence-electron chi connectivity index (χ0n) is 9.29. The lowest BCUT2D eigenvalue weighted by molar-refractivity contribution is 0.200. The highest BCUT2D eigenvalue weighted by Crippen LogP contribution is 2.47. The van der Waals surface area contributed by atoms with Crippen molar-refractivity contribution in [1.29, 1.82) is 0 Å². The first-order chi connectivity index (χ1) is 6.73. The highest BCUT2D eigenvalue weighted by Gasteiger charge is 2.38. The summed E-state index contributed by atoms with van der Waals surface area (Å²) >= 11 is 0. The van der Waals surface area contributed by atoms with Gasteiger partial charge < -0.3 is 0 Å². The topological polar surface area (TPSA) is 0 Å². The first-order valence-electron chi connectivity index (χ1n) is 5.78. The van der Waals surface area contributed by atoms with Gasteiger partial charge in [-0.15, -0.1) is 0 Å². The highest BCUT2D eigenvalue weighted by atomic mass is 14.4. The molecule has 0 aliphatic heterocycles. The van der Waals surface area contributed by atoms with E-state index >= 15 is 0 Å². The summed E-state index contributed by atoms with van der Waals surface area (Å²) in [5, 5.41) is 0. The zero-order valence-corrected chi connectivity index (χ0v) is 9.29. The van der Waals surface area contributed by atoms with Gasteiger partial charge in [-0.25, -0.2) is 0 Å². The molecule has 0 aromatic heterocycles. The van der Waals surface area contributed by atoms with Gasteiger partial charge in [0.25, 0.3) is 0 Å². The second kappa shape index (κ2) is 3.76. The Morgan fingerprint density at radius 3 is 2.21 bits per heavy atom. The van der Waals surface area contributed by atoms with Crippen molar-refractivity contribution in [3.63, 3.8) is 0 Å². The lowest BCUT2D eigenvalue weighted by Crippen LogP contribution is -2.35. The molecule has 1 aromatic carbocycles. The van der Waals surface area contributed by atoms with Crippen molar-refractivity contribution in [1.82, 2.24) is 0 Å². The van der Waals surface area contributed by atoms with Crippen molar-refractivity contribution in [3.05, 3.63) is 35.9 Å². The van der Waals surface area contributed by atoms with E-state index < -0.39 is 0 Å². The quantitative estimate of drug-likeness (QED) is 0.668. The maximum absolute atomic E-state index is 2.34.